The molecule has 2 amide bonds. The molecule has 1 saturated heterocycles. The minimum Gasteiger partial charge on any atom is -0.394 e. The molecular weight excluding hydrogens is 396 g/mol. The number of anilines is 2. The molecule has 31 heavy (non-hydrogen) atoms. The van der Waals surface area contributed by atoms with Gasteiger partial charge in [0.25, 0.3) is 5.91 Å². The van der Waals surface area contributed by atoms with Crippen LogP contribution in [0.1, 0.15) is 10.4 Å². The van der Waals surface area contributed by atoms with Gasteiger partial charge in [0.05, 0.1) is 30.9 Å². The van der Waals surface area contributed by atoms with Gasteiger partial charge in [-0.15, -0.1) is 0 Å². The van der Waals surface area contributed by atoms with Crippen LogP contribution >= 0.6 is 0 Å². The normalized spacial score (nSPS) is 14.8. The molecule has 8 nitrogen and oxygen atoms in total. The van der Waals surface area contributed by atoms with Gasteiger partial charge < -0.3 is 25.4 Å². The number of hydrogen-bond acceptors (Lipinski definition) is 6. The van der Waals surface area contributed by atoms with Gasteiger partial charge in [-0.05, 0) is 36.4 Å². The largest absolute Gasteiger partial charge is 0.394 e. The molecule has 1 aromatic heterocycles. The lowest BCUT2D eigenvalue weighted by Crippen LogP contribution is -2.46. The van der Waals surface area contributed by atoms with Crippen LogP contribution in [-0.2, 0) is 9.53 Å². The van der Waals surface area contributed by atoms with Crippen molar-refractivity contribution in [3.63, 3.8) is 0 Å². The Morgan fingerprint density at radius 1 is 1.06 bits per heavy atom. The number of aliphatic hydroxyl groups is 1. The lowest BCUT2D eigenvalue weighted by molar-refractivity contribution is -0.118. The number of nitrogens with zero attached hydrogens (tertiary/aromatic N) is 2. The van der Waals surface area contributed by atoms with E-state index in [4.69, 9.17) is 4.74 Å². The summed E-state index contributed by atoms with van der Waals surface area (Å²) < 4.78 is 5.36. The highest BCUT2D eigenvalue weighted by molar-refractivity contribution is 6.08. The number of ether oxygens (including phenoxy) is 1. The maximum absolute atomic E-state index is 12.8. The van der Waals surface area contributed by atoms with Crippen molar-refractivity contribution in [2.45, 2.75) is 6.04 Å². The van der Waals surface area contributed by atoms with E-state index in [2.05, 4.69) is 20.5 Å². The van der Waals surface area contributed by atoms with E-state index in [9.17, 15) is 14.7 Å². The van der Waals surface area contributed by atoms with Crippen LogP contribution in [0.3, 0.4) is 0 Å². The van der Waals surface area contributed by atoms with E-state index >= 15 is 0 Å². The smallest absolute Gasteiger partial charge is 0.252 e. The molecule has 0 radical (unpaired) electrons. The summed E-state index contributed by atoms with van der Waals surface area (Å²) in [6.45, 7) is 2.53. The monoisotopic (exact) mass is 420 g/mol. The number of pyridine rings is 1. The third kappa shape index (κ3) is 4.82. The Balaban J connectivity index is 1.41. The minimum atomic E-state index is -1.08. The van der Waals surface area contributed by atoms with Gasteiger partial charge in [0.15, 0.2) is 0 Å². The summed E-state index contributed by atoms with van der Waals surface area (Å²) >= 11 is 0. The van der Waals surface area contributed by atoms with E-state index in [1.54, 1.807) is 30.5 Å². The summed E-state index contributed by atoms with van der Waals surface area (Å²) in [6.07, 6.45) is 1.54. The Bertz CT molecular complexity index is 1060. The molecule has 2 heterocycles. The van der Waals surface area contributed by atoms with E-state index in [-0.39, 0.29) is 0 Å². The van der Waals surface area contributed by atoms with Crippen molar-refractivity contribution in [1.82, 2.24) is 10.3 Å². The van der Waals surface area contributed by atoms with Crippen LogP contribution < -0.4 is 15.5 Å². The lowest BCUT2D eigenvalue weighted by atomic mass is 10.1. The van der Waals surface area contributed by atoms with Crippen molar-refractivity contribution in [1.29, 1.82) is 0 Å². The quantitative estimate of drug-likeness (QED) is 0.562. The maximum Gasteiger partial charge on any atom is 0.252 e. The van der Waals surface area contributed by atoms with Crippen LogP contribution in [0.25, 0.3) is 10.9 Å². The third-order valence-electron chi connectivity index (χ3n) is 5.21. The first-order valence-corrected chi connectivity index (χ1v) is 10.1. The molecule has 4 rings (SSSR count). The highest BCUT2D eigenvalue weighted by atomic mass is 16.5. The molecule has 1 aliphatic rings. The predicted octanol–water partition coefficient (Wildman–Crippen LogP) is 1.80. The molecule has 0 bridgehead atoms. The number of carbonyl (C=O) groups excluding carboxylic acids is 2. The van der Waals surface area contributed by atoms with Gasteiger partial charge >= 0.3 is 0 Å². The molecular formula is C23H24N4O4. The first-order valence-electron chi connectivity index (χ1n) is 10.1. The van der Waals surface area contributed by atoms with Crippen LogP contribution in [0.5, 0.6) is 0 Å². The first-order chi connectivity index (χ1) is 15.2. The molecule has 0 aliphatic carbocycles. The number of aliphatic hydroxyl groups excluding tert-OH is 1. The highest BCUT2D eigenvalue weighted by Crippen LogP contribution is 2.19. The van der Waals surface area contributed by atoms with Gasteiger partial charge in [0.1, 0.15) is 6.04 Å². The third-order valence-corrected chi connectivity index (χ3v) is 5.21. The average Bonchev–Trinajstić information content (AvgIpc) is 2.83. The number of morpholine rings is 1. The van der Waals surface area contributed by atoms with Crippen LogP contribution in [-0.4, -0.2) is 60.9 Å². The Morgan fingerprint density at radius 2 is 1.81 bits per heavy atom. The lowest BCUT2D eigenvalue weighted by Gasteiger charge is -2.29. The second-order valence-electron chi connectivity index (χ2n) is 7.22. The summed E-state index contributed by atoms with van der Waals surface area (Å²) in [6, 6.07) is 15.2. The summed E-state index contributed by atoms with van der Waals surface area (Å²) in [7, 11) is 0. The molecule has 0 saturated carbocycles. The van der Waals surface area contributed by atoms with E-state index in [1.807, 2.05) is 30.3 Å². The van der Waals surface area contributed by atoms with Gasteiger partial charge in [0, 0.05) is 36.0 Å². The van der Waals surface area contributed by atoms with Gasteiger partial charge in [-0.2, -0.15) is 0 Å². The van der Waals surface area contributed by atoms with Crippen LogP contribution in [0, 0.1) is 0 Å². The molecule has 8 heteroatoms. The fourth-order valence-electron chi connectivity index (χ4n) is 3.53. The second kappa shape index (κ2) is 9.55. The SMILES string of the molecule is O=C(N[C@@H](CO)C(=O)Nc1ccc(N2CCOCC2)cc1)c1ccnc2ccccc12. The average molecular weight is 420 g/mol. The Hall–Kier alpha value is -3.49. The number of carbonyl (C=O) groups is 2. The van der Waals surface area contributed by atoms with Gasteiger partial charge in [-0.1, -0.05) is 18.2 Å². The fourth-order valence-corrected chi connectivity index (χ4v) is 3.53. The van der Waals surface area contributed by atoms with Crippen molar-refractivity contribution in [2.75, 3.05) is 43.1 Å². The standard InChI is InChI=1S/C23H24N4O4/c28-15-21(26-22(29)19-9-10-24-20-4-2-1-3-18(19)20)23(30)25-16-5-7-17(8-6-16)27-11-13-31-14-12-27/h1-10,21,28H,11-15H2,(H,25,30)(H,26,29)/t21-/m0/s1. The molecule has 1 aliphatic heterocycles. The van der Waals surface area contributed by atoms with Crippen molar-refractivity contribution in [3.05, 3.63) is 66.4 Å². The number of amides is 2. The number of hydrogen-bond donors (Lipinski definition) is 3. The van der Waals surface area contributed by atoms with Gasteiger partial charge in [0.2, 0.25) is 5.91 Å². The van der Waals surface area contributed by atoms with E-state index in [0.29, 0.717) is 35.4 Å². The number of fused-ring (bicyclic) bond motifs is 1. The summed E-state index contributed by atoms with van der Waals surface area (Å²) in [5.41, 5.74) is 2.72. The van der Waals surface area contributed by atoms with Crippen molar-refractivity contribution < 1.29 is 19.4 Å². The number of rotatable bonds is 6. The molecule has 0 unspecified atom stereocenters. The van der Waals surface area contributed by atoms with Gasteiger partial charge in [-0.3, -0.25) is 14.6 Å². The summed E-state index contributed by atoms with van der Waals surface area (Å²) in [5, 5.41) is 15.7. The highest BCUT2D eigenvalue weighted by Gasteiger charge is 2.22. The van der Waals surface area contributed by atoms with Gasteiger partial charge in [-0.25, -0.2) is 0 Å². The Labute approximate surface area is 179 Å². The van der Waals surface area contributed by atoms with Crippen molar-refractivity contribution >= 4 is 34.1 Å². The Morgan fingerprint density at radius 3 is 2.55 bits per heavy atom. The van der Waals surface area contributed by atoms with Crippen LogP contribution in [0.4, 0.5) is 11.4 Å². The minimum absolute atomic E-state index is 0.395. The number of aromatic nitrogens is 1. The topological polar surface area (TPSA) is 104 Å². The predicted molar refractivity (Wildman–Crippen MR) is 118 cm³/mol. The first kappa shape index (κ1) is 20.8. The molecule has 160 valence electrons. The summed E-state index contributed by atoms with van der Waals surface area (Å²) in [5.74, 6) is -0.941. The zero-order valence-electron chi connectivity index (χ0n) is 17.0. The fraction of sp³-hybridized carbons (Fsp3) is 0.261. The maximum atomic E-state index is 12.8. The second-order valence-corrected chi connectivity index (χ2v) is 7.22. The molecule has 1 atom stereocenters. The van der Waals surface area contributed by atoms with Crippen LogP contribution in [0.15, 0.2) is 60.8 Å². The summed E-state index contributed by atoms with van der Waals surface area (Å²) in [4.78, 5) is 31.8. The van der Waals surface area contributed by atoms with E-state index in [1.165, 1.54) is 0 Å². The van der Waals surface area contributed by atoms with Crippen LogP contribution in [0.2, 0.25) is 0 Å². The molecule has 2 aromatic carbocycles. The Kier molecular flexibility index (Phi) is 6.40. The zero-order valence-corrected chi connectivity index (χ0v) is 17.0. The van der Waals surface area contributed by atoms with E-state index < -0.39 is 24.5 Å². The molecule has 3 aromatic rings. The van der Waals surface area contributed by atoms with Crippen molar-refractivity contribution in [2.24, 2.45) is 0 Å². The number of benzene rings is 2. The molecule has 1 fully saturated rings. The number of para-hydroxylation sites is 1. The number of nitrogens with one attached hydrogen (secondary N) is 2. The molecule has 3 N–H and O–H groups in total. The van der Waals surface area contributed by atoms with Crippen molar-refractivity contribution in [3.8, 4) is 0 Å². The van der Waals surface area contributed by atoms with E-state index in [0.717, 1.165) is 18.8 Å². The molecule has 0 spiro atoms. The zero-order chi connectivity index (χ0) is 21.6.